The highest BCUT2D eigenvalue weighted by Crippen LogP contribution is 2.18. The highest BCUT2D eigenvalue weighted by Gasteiger charge is 2.04. The third-order valence-corrected chi connectivity index (χ3v) is 4.21. The van der Waals surface area contributed by atoms with E-state index in [2.05, 4.69) is 43.6 Å². The molecule has 6 heteroatoms. The summed E-state index contributed by atoms with van der Waals surface area (Å²) < 4.78 is 3.09. The number of hydrogen-bond donors (Lipinski definition) is 1. The largest absolute Gasteiger partial charge is 0.384 e. The van der Waals surface area contributed by atoms with Crippen molar-refractivity contribution in [3.8, 4) is 0 Å². The minimum atomic E-state index is 0.878. The van der Waals surface area contributed by atoms with Crippen molar-refractivity contribution >= 4 is 39.0 Å². The molecule has 3 aromatic rings. The Labute approximate surface area is 129 Å². The Morgan fingerprint density at radius 3 is 3.00 bits per heavy atom. The van der Waals surface area contributed by atoms with Gasteiger partial charge in [0.1, 0.15) is 0 Å². The molecule has 0 radical (unpaired) electrons. The number of halogens is 1. The first-order valence-corrected chi connectivity index (χ1v) is 8.03. The molecule has 2 heterocycles. The number of nitrogens with zero attached hydrogens (tertiary/aromatic N) is 3. The first kappa shape index (κ1) is 13.5. The number of fused-ring (bicyclic) bond motifs is 1. The van der Waals surface area contributed by atoms with Crippen molar-refractivity contribution in [3.63, 3.8) is 0 Å². The van der Waals surface area contributed by atoms with Crippen molar-refractivity contribution in [2.24, 2.45) is 0 Å². The molecular weight excluding hydrogens is 336 g/mol. The lowest BCUT2D eigenvalue weighted by Gasteiger charge is -2.05. The molecule has 0 spiro atoms. The molecular formula is C14H13BrN4S. The van der Waals surface area contributed by atoms with Gasteiger partial charge in [-0.05, 0) is 30.3 Å². The van der Waals surface area contributed by atoms with Gasteiger partial charge < -0.3 is 5.32 Å². The van der Waals surface area contributed by atoms with Crippen LogP contribution in [0, 0.1) is 0 Å². The van der Waals surface area contributed by atoms with Crippen molar-refractivity contribution < 1.29 is 0 Å². The van der Waals surface area contributed by atoms with Crippen LogP contribution in [0.5, 0.6) is 0 Å². The molecule has 0 amide bonds. The van der Waals surface area contributed by atoms with Gasteiger partial charge >= 0.3 is 0 Å². The zero-order valence-electron chi connectivity index (χ0n) is 10.7. The Bertz CT molecular complexity index is 713. The Morgan fingerprint density at radius 2 is 2.10 bits per heavy atom. The van der Waals surface area contributed by atoms with Gasteiger partial charge in [-0.2, -0.15) is 0 Å². The van der Waals surface area contributed by atoms with E-state index in [1.165, 1.54) is 0 Å². The number of pyridine rings is 1. The summed E-state index contributed by atoms with van der Waals surface area (Å²) >= 11 is 5.16. The summed E-state index contributed by atoms with van der Waals surface area (Å²) in [7, 11) is 0. The topological polar surface area (TPSA) is 42.2 Å². The van der Waals surface area contributed by atoms with E-state index in [0.717, 1.165) is 33.3 Å². The molecule has 1 aromatic carbocycles. The molecule has 1 N–H and O–H groups in total. The summed E-state index contributed by atoms with van der Waals surface area (Å²) in [5.74, 6) is 0.933. The minimum absolute atomic E-state index is 0.878. The fourth-order valence-electron chi connectivity index (χ4n) is 1.85. The van der Waals surface area contributed by atoms with Crippen LogP contribution in [-0.2, 0) is 0 Å². The summed E-state index contributed by atoms with van der Waals surface area (Å²) in [5.41, 5.74) is 2.00. The predicted octanol–water partition coefficient (Wildman–Crippen LogP) is 3.70. The van der Waals surface area contributed by atoms with Crippen LogP contribution in [0.1, 0.15) is 0 Å². The van der Waals surface area contributed by atoms with Gasteiger partial charge in [0.15, 0.2) is 10.8 Å². The molecule has 0 unspecified atom stereocenters. The van der Waals surface area contributed by atoms with Crippen LogP contribution in [0.3, 0.4) is 0 Å². The number of hydrogen-bond acceptors (Lipinski definition) is 4. The highest BCUT2D eigenvalue weighted by molar-refractivity contribution is 9.10. The zero-order valence-corrected chi connectivity index (χ0v) is 13.1. The first-order chi connectivity index (χ1) is 9.83. The van der Waals surface area contributed by atoms with Gasteiger partial charge in [-0.25, -0.2) is 0 Å². The number of nitrogens with one attached hydrogen (secondary N) is 1. The third-order valence-electron chi connectivity index (χ3n) is 2.77. The molecule has 4 nitrogen and oxygen atoms in total. The van der Waals surface area contributed by atoms with Crippen LogP contribution in [0.4, 0.5) is 5.69 Å². The summed E-state index contributed by atoms with van der Waals surface area (Å²) in [5, 5.41) is 12.6. The normalized spacial score (nSPS) is 10.8. The quantitative estimate of drug-likeness (QED) is 0.563. The smallest absolute Gasteiger partial charge is 0.195 e. The van der Waals surface area contributed by atoms with Gasteiger partial charge in [0.05, 0.1) is 0 Å². The lowest BCUT2D eigenvalue weighted by Crippen LogP contribution is -2.04. The zero-order chi connectivity index (χ0) is 13.8. The number of anilines is 1. The number of aromatic nitrogens is 3. The SMILES string of the molecule is Brc1cccc(NCCSc2nnc3ccccn23)c1. The van der Waals surface area contributed by atoms with Gasteiger partial charge in [-0.3, -0.25) is 4.40 Å². The lowest BCUT2D eigenvalue weighted by molar-refractivity contribution is 0.921. The molecule has 0 saturated heterocycles. The molecule has 0 atom stereocenters. The van der Waals surface area contributed by atoms with Gasteiger partial charge in [0.25, 0.3) is 0 Å². The second kappa shape index (κ2) is 6.28. The monoisotopic (exact) mass is 348 g/mol. The van der Waals surface area contributed by atoms with Crippen LogP contribution < -0.4 is 5.32 Å². The Kier molecular flexibility index (Phi) is 4.22. The van der Waals surface area contributed by atoms with E-state index in [4.69, 9.17) is 0 Å². The molecule has 0 aliphatic carbocycles. The number of rotatable bonds is 5. The van der Waals surface area contributed by atoms with Crippen LogP contribution >= 0.6 is 27.7 Å². The molecule has 0 aliphatic heterocycles. The van der Waals surface area contributed by atoms with Crippen LogP contribution in [0.2, 0.25) is 0 Å². The van der Waals surface area contributed by atoms with E-state index < -0.39 is 0 Å². The van der Waals surface area contributed by atoms with Crippen molar-refractivity contribution in [3.05, 3.63) is 53.1 Å². The van der Waals surface area contributed by atoms with E-state index >= 15 is 0 Å². The second-order valence-electron chi connectivity index (χ2n) is 4.20. The van der Waals surface area contributed by atoms with Gasteiger partial charge in [0, 0.05) is 28.7 Å². The lowest BCUT2D eigenvalue weighted by atomic mass is 10.3. The Morgan fingerprint density at radius 1 is 1.15 bits per heavy atom. The molecule has 2 aromatic heterocycles. The maximum atomic E-state index is 4.19. The molecule has 0 aliphatic rings. The van der Waals surface area contributed by atoms with Gasteiger partial charge in [0.2, 0.25) is 0 Å². The minimum Gasteiger partial charge on any atom is -0.384 e. The fraction of sp³-hybridized carbons (Fsp3) is 0.143. The van der Waals surface area contributed by atoms with Crippen molar-refractivity contribution in [1.29, 1.82) is 0 Å². The number of benzene rings is 1. The molecule has 3 rings (SSSR count). The van der Waals surface area contributed by atoms with Crippen LogP contribution in [0.25, 0.3) is 5.65 Å². The molecule has 0 saturated carbocycles. The fourth-order valence-corrected chi connectivity index (χ4v) is 3.03. The maximum absolute atomic E-state index is 4.19. The average Bonchev–Trinajstić information content (AvgIpc) is 2.87. The van der Waals surface area contributed by atoms with E-state index in [1.54, 1.807) is 11.8 Å². The molecule has 0 bridgehead atoms. The first-order valence-electron chi connectivity index (χ1n) is 6.25. The highest BCUT2D eigenvalue weighted by atomic mass is 79.9. The van der Waals surface area contributed by atoms with Crippen LogP contribution in [0.15, 0.2) is 58.3 Å². The van der Waals surface area contributed by atoms with E-state index in [-0.39, 0.29) is 0 Å². The van der Waals surface area contributed by atoms with Gasteiger partial charge in [-0.1, -0.05) is 39.8 Å². The third kappa shape index (κ3) is 3.13. The Balaban J connectivity index is 1.55. The summed E-state index contributed by atoms with van der Waals surface area (Å²) in [6, 6.07) is 14.1. The van der Waals surface area contributed by atoms with Crippen LogP contribution in [-0.4, -0.2) is 26.9 Å². The molecule has 102 valence electrons. The van der Waals surface area contributed by atoms with E-state index in [0.29, 0.717) is 0 Å². The summed E-state index contributed by atoms with van der Waals surface area (Å²) in [6.45, 7) is 0.878. The van der Waals surface area contributed by atoms with Crippen molar-refractivity contribution in [2.75, 3.05) is 17.6 Å². The summed E-state index contributed by atoms with van der Waals surface area (Å²) in [6.07, 6.45) is 1.99. The van der Waals surface area contributed by atoms with E-state index in [9.17, 15) is 0 Å². The summed E-state index contributed by atoms with van der Waals surface area (Å²) in [4.78, 5) is 0. The number of thioether (sulfide) groups is 1. The average molecular weight is 349 g/mol. The van der Waals surface area contributed by atoms with Crippen molar-refractivity contribution in [1.82, 2.24) is 14.6 Å². The molecule has 0 fully saturated rings. The maximum Gasteiger partial charge on any atom is 0.195 e. The predicted molar refractivity (Wildman–Crippen MR) is 86.3 cm³/mol. The second-order valence-corrected chi connectivity index (χ2v) is 6.17. The standard InChI is InChI=1S/C14H13BrN4S/c15-11-4-3-5-12(10-11)16-7-9-20-14-18-17-13-6-1-2-8-19(13)14/h1-6,8,10,16H,7,9H2. The van der Waals surface area contributed by atoms with Crippen molar-refractivity contribution in [2.45, 2.75) is 5.16 Å². The molecule has 20 heavy (non-hydrogen) atoms. The van der Waals surface area contributed by atoms with E-state index in [1.807, 2.05) is 40.9 Å². The van der Waals surface area contributed by atoms with Gasteiger partial charge in [-0.15, -0.1) is 10.2 Å². The Hall–Kier alpha value is -1.53.